The Kier molecular flexibility index (Phi) is 3.57. The Morgan fingerprint density at radius 1 is 1.29 bits per heavy atom. The van der Waals surface area contributed by atoms with Crippen molar-refractivity contribution >= 4 is 33.4 Å². The fraction of sp³-hybridized carbons (Fsp3) is 0.0714. The third-order valence-electron chi connectivity index (χ3n) is 3.02. The van der Waals surface area contributed by atoms with Crippen LogP contribution in [0.25, 0.3) is 5.65 Å². The molecule has 0 atom stereocenters. The summed E-state index contributed by atoms with van der Waals surface area (Å²) in [6, 6.07) is 9.72. The maximum atomic E-state index is 11.4. The minimum Gasteiger partial charge on any atom is -0.477 e. The Labute approximate surface area is 128 Å². The highest BCUT2D eigenvalue weighted by Crippen LogP contribution is 2.22. The number of aromatic nitrogens is 3. The molecule has 21 heavy (non-hydrogen) atoms. The van der Waals surface area contributed by atoms with Gasteiger partial charge in [0.2, 0.25) is 0 Å². The van der Waals surface area contributed by atoms with Gasteiger partial charge in [-0.1, -0.05) is 30.3 Å². The minimum absolute atomic E-state index is 0.0778. The quantitative estimate of drug-likeness (QED) is 0.759. The lowest BCUT2D eigenvalue weighted by atomic mass is 10.2. The van der Waals surface area contributed by atoms with E-state index < -0.39 is 5.97 Å². The number of fused-ring (bicyclic) bond motifs is 1. The molecule has 2 heterocycles. The zero-order chi connectivity index (χ0) is 14.8. The van der Waals surface area contributed by atoms with Gasteiger partial charge in [0.05, 0.1) is 10.7 Å². The Morgan fingerprint density at radius 3 is 2.76 bits per heavy atom. The molecule has 0 unspecified atom stereocenters. The first-order valence-corrected chi connectivity index (χ1v) is 6.99. The molecular weight excluding hydrogens is 336 g/mol. The van der Waals surface area contributed by atoms with Crippen molar-refractivity contribution in [3.63, 3.8) is 0 Å². The van der Waals surface area contributed by atoms with E-state index >= 15 is 0 Å². The van der Waals surface area contributed by atoms with Gasteiger partial charge < -0.3 is 10.4 Å². The lowest BCUT2D eigenvalue weighted by molar-refractivity contribution is 0.0697. The zero-order valence-corrected chi connectivity index (χ0v) is 12.4. The van der Waals surface area contributed by atoms with Crippen LogP contribution in [0.3, 0.4) is 0 Å². The van der Waals surface area contributed by atoms with Gasteiger partial charge in [-0.15, -0.1) is 0 Å². The predicted octanol–water partition coefficient (Wildman–Crippen LogP) is 2.80. The Bertz CT molecular complexity index is 801. The van der Waals surface area contributed by atoms with Crippen LogP contribution in [0.15, 0.2) is 47.2 Å². The SMILES string of the molecule is O=C(O)c1cnc2c(Br)cnn2c1NCc1ccccc1. The van der Waals surface area contributed by atoms with Crippen LogP contribution in [0.1, 0.15) is 15.9 Å². The van der Waals surface area contributed by atoms with Gasteiger partial charge in [-0.3, -0.25) is 0 Å². The number of carboxylic acid groups (broad SMARTS) is 1. The van der Waals surface area contributed by atoms with E-state index in [0.29, 0.717) is 22.5 Å². The van der Waals surface area contributed by atoms with Crippen LogP contribution in [0, 0.1) is 0 Å². The number of carbonyl (C=O) groups is 1. The topological polar surface area (TPSA) is 79.5 Å². The molecule has 0 saturated heterocycles. The minimum atomic E-state index is -1.05. The number of nitrogens with one attached hydrogen (secondary N) is 1. The van der Waals surface area contributed by atoms with Gasteiger partial charge in [0.25, 0.3) is 0 Å². The number of hydrogen-bond donors (Lipinski definition) is 2. The van der Waals surface area contributed by atoms with Crippen molar-refractivity contribution < 1.29 is 9.90 Å². The van der Waals surface area contributed by atoms with E-state index in [9.17, 15) is 9.90 Å². The van der Waals surface area contributed by atoms with E-state index in [1.54, 1.807) is 6.20 Å². The summed E-state index contributed by atoms with van der Waals surface area (Å²) in [5.41, 5.74) is 1.69. The average molecular weight is 347 g/mol. The molecule has 0 aliphatic carbocycles. The van der Waals surface area contributed by atoms with Gasteiger partial charge >= 0.3 is 5.97 Å². The van der Waals surface area contributed by atoms with Crippen LogP contribution in [-0.2, 0) is 6.54 Å². The monoisotopic (exact) mass is 346 g/mol. The van der Waals surface area contributed by atoms with E-state index in [-0.39, 0.29) is 5.56 Å². The maximum absolute atomic E-state index is 11.4. The highest BCUT2D eigenvalue weighted by atomic mass is 79.9. The Morgan fingerprint density at radius 2 is 2.05 bits per heavy atom. The molecule has 2 aromatic heterocycles. The van der Waals surface area contributed by atoms with Gasteiger partial charge in [0, 0.05) is 12.7 Å². The van der Waals surface area contributed by atoms with Gasteiger partial charge in [-0.25, -0.2) is 9.78 Å². The van der Waals surface area contributed by atoms with Gasteiger partial charge in [-0.05, 0) is 21.5 Å². The number of hydrogen-bond acceptors (Lipinski definition) is 4. The van der Waals surface area contributed by atoms with E-state index in [0.717, 1.165) is 5.56 Å². The first-order valence-electron chi connectivity index (χ1n) is 6.20. The highest BCUT2D eigenvalue weighted by Gasteiger charge is 2.16. The summed E-state index contributed by atoms with van der Waals surface area (Å²) in [5.74, 6) is -0.645. The van der Waals surface area contributed by atoms with Crippen LogP contribution in [0.2, 0.25) is 0 Å². The normalized spacial score (nSPS) is 10.7. The van der Waals surface area contributed by atoms with Gasteiger partial charge in [0.15, 0.2) is 5.65 Å². The first kappa shape index (κ1) is 13.6. The van der Waals surface area contributed by atoms with Crippen molar-refractivity contribution in [2.45, 2.75) is 6.54 Å². The van der Waals surface area contributed by atoms with E-state index in [4.69, 9.17) is 0 Å². The molecule has 0 fully saturated rings. The van der Waals surface area contributed by atoms with Crippen LogP contribution >= 0.6 is 15.9 Å². The summed E-state index contributed by atoms with van der Waals surface area (Å²) < 4.78 is 2.19. The van der Waals surface area contributed by atoms with Crippen molar-refractivity contribution in [2.75, 3.05) is 5.32 Å². The summed E-state index contributed by atoms with van der Waals surface area (Å²) in [7, 11) is 0. The number of halogens is 1. The number of carboxylic acids is 1. The number of benzene rings is 1. The standard InChI is InChI=1S/C14H11BrN4O2/c15-11-8-18-19-12(10(14(20)21)7-17-13(11)19)16-6-9-4-2-1-3-5-9/h1-5,7-8,16H,6H2,(H,20,21). The second-order valence-corrected chi connectivity index (χ2v) is 5.25. The Balaban J connectivity index is 2.02. The third kappa shape index (κ3) is 2.59. The van der Waals surface area contributed by atoms with Crippen molar-refractivity contribution in [3.05, 3.63) is 58.3 Å². The van der Waals surface area contributed by atoms with Crippen molar-refractivity contribution in [3.8, 4) is 0 Å². The molecular formula is C14H11BrN4O2. The molecule has 0 aliphatic heterocycles. The van der Waals surface area contributed by atoms with Crippen LogP contribution in [0.4, 0.5) is 5.82 Å². The molecule has 6 nitrogen and oxygen atoms in total. The number of aromatic carboxylic acids is 1. The number of nitrogens with zero attached hydrogens (tertiary/aromatic N) is 3. The summed E-state index contributed by atoms with van der Waals surface area (Å²) in [6.45, 7) is 0.498. The molecule has 2 N–H and O–H groups in total. The number of anilines is 1. The van der Waals surface area contributed by atoms with Crippen LogP contribution < -0.4 is 5.32 Å². The molecule has 0 amide bonds. The van der Waals surface area contributed by atoms with Crippen molar-refractivity contribution in [1.82, 2.24) is 14.6 Å². The smallest absolute Gasteiger partial charge is 0.341 e. The van der Waals surface area contributed by atoms with E-state index in [1.165, 1.54) is 10.7 Å². The molecule has 106 valence electrons. The summed E-state index contributed by atoms with van der Waals surface area (Å²) >= 11 is 3.34. The van der Waals surface area contributed by atoms with Crippen molar-refractivity contribution in [1.29, 1.82) is 0 Å². The maximum Gasteiger partial charge on any atom is 0.341 e. The van der Waals surface area contributed by atoms with Gasteiger partial charge in [-0.2, -0.15) is 9.61 Å². The molecule has 0 bridgehead atoms. The highest BCUT2D eigenvalue weighted by molar-refractivity contribution is 9.10. The summed E-state index contributed by atoms with van der Waals surface area (Å²) in [4.78, 5) is 15.5. The lowest BCUT2D eigenvalue weighted by Gasteiger charge is -2.11. The predicted molar refractivity (Wildman–Crippen MR) is 81.4 cm³/mol. The van der Waals surface area contributed by atoms with E-state index in [2.05, 4.69) is 31.3 Å². The molecule has 0 saturated carbocycles. The first-order chi connectivity index (χ1) is 10.2. The average Bonchev–Trinajstić information content (AvgIpc) is 2.87. The number of rotatable bonds is 4. The molecule has 0 aliphatic rings. The molecule has 0 radical (unpaired) electrons. The van der Waals surface area contributed by atoms with Gasteiger partial charge in [0.1, 0.15) is 11.4 Å². The molecule has 3 aromatic rings. The fourth-order valence-electron chi connectivity index (χ4n) is 2.01. The second kappa shape index (κ2) is 5.53. The van der Waals surface area contributed by atoms with Crippen LogP contribution in [0.5, 0.6) is 0 Å². The van der Waals surface area contributed by atoms with Crippen molar-refractivity contribution in [2.24, 2.45) is 0 Å². The summed E-state index contributed by atoms with van der Waals surface area (Å²) in [6.07, 6.45) is 2.92. The molecule has 1 aromatic carbocycles. The molecule has 0 spiro atoms. The Hall–Kier alpha value is -2.41. The molecule has 3 rings (SSSR count). The molecule has 7 heteroatoms. The van der Waals surface area contributed by atoms with Crippen LogP contribution in [-0.4, -0.2) is 25.7 Å². The largest absolute Gasteiger partial charge is 0.477 e. The lowest BCUT2D eigenvalue weighted by Crippen LogP contribution is -2.12. The van der Waals surface area contributed by atoms with E-state index in [1.807, 2.05) is 30.3 Å². The zero-order valence-electron chi connectivity index (χ0n) is 10.8. The summed E-state index contributed by atoms with van der Waals surface area (Å²) in [5, 5.41) is 16.6. The third-order valence-corrected chi connectivity index (χ3v) is 3.58. The second-order valence-electron chi connectivity index (χ2n) is 4.39. The fourth-order valence-corrected chi connectivity index (χ4v) is 2.37.